The van der Waals surface area contributed by atoms with Crippen molar-refractivity contribution in [2.24, 2.45) is 0 Å². The molecule has 0 saturated carbocycles. The zero-order chi connectivity index (χ0) is 18.2. The summed E-state index contributed by atoms with van der Waals surface area (Å²) < 4.78 is 24.5. The van der Waals surface area contributed by atoms with Gasteiger partial charge in [0.1, 0.15) is 12.4 Å². The van der Waals surface area contributed by atoms with Gasteiger partial charge in [0.15, 0.2) is 11.5 Å². The van der Waals surface area contributed by atoms with E-state index >= 15 is 0 Å². The molecule has 0 aromatic heterocycles. The quantitative estimate of drug-likeness (QED) is 0.601. The van der Waals surface area contributed by atoms with E-state index in [0.717, 1.165) is 11.1 Å². The minimum atomic E-state index is -0.466. The fraction of sp³-hybridized carbons (Fsp3) is 0.150. The number of benzene rings is 2. The van der Waals surface area contributed by atoms with Gasteiger partial charge in [0.05, 0.1) is 12.8 Å². The summed E-state index contributed by atoms with van der Waals surface area (Å²) >= 11 is 0. The Morgan fingerprint density at radius 3 is 2.72 bits per heavy atom. The second-order valence-electron chi connectivity index (χ2n) is 5.32. The second-order valence-corrected chi connectivity index (χ2v) is 5.32. The number of aryl methyl sites for hydroxylation is 1. The molecule has 0 radical (unpaired) electrons. The van der Waals surface area contributed by atoms with E-state index in [-0.39, 0.29) is 5.69 Å². The minimum absolute atomic E-state index is 0.144. The van der Waals surface area contributed by atoms with Crippen molar-refractivity contribution in [3.63, 3.8) is 0 Å². The topological polar surface area (TPSA) is 47.6 Å². The van der Waals surface area contributed by atoms with Gasteiger partial charge in [0.25, 0.3) is 0 Å². The number of anilines is 1. The molecule has 1 N–H and O–H groups in total. The summed E-state index contributed by atoms with van der Waals surface area (Å²) in [4.78, 5) is 12.0. The fourth-order valence-corrected chi connectivity index (χ4v) is 2.12. The Morgan fingerprint density at radius 2 is 2.04 bits per heavy atom. The van der Waals surface area contributed by atoms with Gasteiger partial charge in [-0.15, -0.1) is 0 Å². The van der Waals surface area contributed by atoms with E-state index in [1.165, 1.54) is 25.3 Å². The van der Waals surface area contributed by atoms with Crippen LogP contribution in [0.1, 0.15) is 11.1 Å². The van der Waals surface area contributed by atoms with Crippen LogP contribution in [0.4, 0.5) is 10.1 Å². The van der Waals surface area contributed by atoms with Crippen molar-refractivity contribution in [3.8, 4) is 11.5 Å². The van der Waals surface area contributed by atoms with E-state index in [2.05, 4.69) is 11.9 Å². The van der Waals surface area contributed by atoms with E-state index in [1.807, 2.05) is 0 Å². The first-order valence-electron chi connectivity index (χ1n) is 7.70. The minimum Gasteiger partial charge on any atom is -0.493 e. The molecule has 0 fully saturated rings. The summed E-state index contributed by atoms with van der Waals surface area (Å²) in [6, 6.07) is 9.91. The van der Waals surface area contributed by atoms with Gasteiger partial charge in [-0.05, 0) is 48.4 Å². The van der Waals surface area contributed by atoms with E-state index in [9.17, 15) is 9.18 Å². The lowest BCUT2D eigenvalue weighted by Gasteiger charge is -2.09. The molecule has 2 aromatic carbocycles. The molecule has 4 nitrogen and oxygen atoms in total. The number of carbonyl (C=O) groups is 1. The largest absolute Gasteiger partial charge is 0.493 e. The van der Waals surface area contributed by atoms with E-state index < -0.39 is 11.7 Å². The molecule has 0 spiro atoms. The molecule has 25 heavy (non-hydrogen) atoms. The number of nitrogens with one attached hydrogen (secondary N) is 1. The Balaban J connectivity index is 2.07. The highest BCUT2D eigenvalue weighted by Crippen LogP contribution is 2.28. The summed E-state index contributed by atoms with van der Waals surface area (Å²) in [6.45, 7) is 5.75. The molecule has 0 aliphatic rings. The first-order chi connectivity index (χ1) is 12.0. The smallest absolute Gasteiger partial charge is 0.248 e. The first-order valence-corrected chi connectivity index (χ1v) is 7.70. The SMILES string of the molecule is C=CCOc1ccc(C=CC(=O)Nc2ccc(C)cc2F)cc1OC. The van der Waals surface area contributed by atoms with Crippen molar-refractivity contribution in [2.45, 2.75) is 6.92 Å². The van der Waals surface area contributed by atoms with Crippen LogP contribution in [0, 0.1) is 12.7 Å². The molecular weight excluding hydrogens is 321 g/mol. The lowest BCUT2D eigenvalue weighted by atomic mass is 10.2. The van der Waals surface area contributed by atoms with Crippen molar-refractivity contribution in [1.82, 2.24) is 0 Å². The van der Waals surface area contributed by atoms with E-state index in [1.54, 1.807) is 43.3 Å². The Labute approximate surface area is 146 Å². The van der Waals surface area contributed by atoms with Crippen LogP contribution in [-0.4, -0.2) is 19.6 Å². The number of ether oxygens (including phenoxy) is 2. The van der Waals surface area contributed by atoms with Gasteiger partial charge in [0, 0.05) is 6.08 Å². The van der Waals surface area contributed by atoms with Gasteiger partial charge < -0.3 is 14.8 Å². The van der Waals surface area contributed by atoms with E-state index in [4.69, 9.17) is 9.47 Å². The standard InChI is InChI=1S/C20H20FNO3/c1-4-11-25-18-9-6-15(13-19(18)24-3)7-10-20(23)22-17-8-5-14(2)12-16(17)21/h4-10,12-13H,1,11H2,2-3H3,(H,22,23). The number of hydrogen-bond acceptors (Lipinski definition) is 3. The molecule has 2 rings (SSSR count). The predicted molar refractivity (Wildman–Crippen MR) is 97.5 cm³/mol. The molecule has 0 bridgehead atoms. The van der Waals surface area contributed by atoms with Gasteiger partial charge in [-0.3, -0.25) is 4.79 Å². The van der Waals surface area contributed by atoms with Gasteiger partial charge in [-0.1, -0.05) is 24.8 Å². The van der Waals surface area contributed by atoms with Crippen molar-refractivity contribution in [2.75, 3.05) is 19.0 Å². The van der Waals surface area contributed by atoms with Crippen LogP contribution in [0.25, 0.3) is 6.08 Å². The summed E-state index contributed by atoms with van der Waals surface area (Å²) in [6.07, 6.45) is 4.58. The lowest BCUT2D eigenvalue weighted by molar-refractivity contribution is -0.111. The average Bonchev–Trinajstić information content (AvgIpc) is 2.60. The van der Waals surface area contributed by atoms with Crippen LogP contribution >= 0.6 is 0 Å². The van der Waals surface area contributed by atoms with Crippen LogP contribution in [0.15, 0.2) is 55.1 Å². The van der Waals surface area contributed by atoms with Crippen LogP contribution in [0.2, 0.25) is 0 Å². The summed E-state index contributed by atoms with van der Waals surface area (Å²) in [5.74, 6) is 0.251. The van der Waals surface area contributed by atoms with Crippen LogP contribution in [0.3, 0.4) is 0 Å². The fourth-order valence-electron chi connectivity index (χ4n) is 2.12. The summed E-state index contributed by atoms with van der Waals surface area (Å²) in [5.41, 5.74) is 1.69. The molecule has 0 aliphatic heterocycles. The van der Waals surface area contributed by atoms with Crippen LogP contribution < -0.4 is 14.8 Å². The number of halogens is 1. The predicted octanol–water partition coefficient (Wildman–Crippen LogP) is 4.36. The molecule has 0 aliphatic carbocycles. The zero-order valence-corrected chi connectivity index (χ0v) is 14.2. The molecule has 130 valence electrons. The van der Waals surface area contributed by atoms with Gasteiger partial charge >= 0.3 is 0 Å². The maximum absolute atomic E-state index is 13.7. The van der Waals surface area contributed by atoms with Crippen molar-refractivity contribution in [3.05, 3.63) is 72.1 Å². The molecule has 0 unspecified atom stereocenters. The molecule has 5 heteroatoms. The maximum Gasteiger partial charge on any atom is 0.248 e. The molecule has 0 atom stereocenters. The molecule has 1 amide bonds. The van der Waals surface area contributed by atoms with Crippen molar-refractivity contribution in [1.29, 1.82) is 0 Å². The number of hydrogen-bond donors (Lipinski definition) is 1. The highest BCUT2D eigenvalue weighted by molar-refractivity contribution is 6.02. The zero-order valence-electron chi connectivity index (χ0n) is 14.2. The Kier molecular flexibility index (Phi) is 6.34. The van der Waals surface area contributed by atoms with Crippen molar-refractivity contribution >= 4 is 17.7 Å². The number of carbonyl (C=O) groups excluding carboxylic acids is 1. The molecule has 0 heterocycles. The first kappa shape index (κ1) is 18.3. The Hall–Kier alpha value is -3.08. The average molecular weight is 341 g/mol. The summed E-state index contributed by atoms with van der Waals surface area (Å²) in [7, 11) is 1.54. The van der Waals surface area contributed by atoms with E-state index in [0.29, 0.717) is 18.1 Å². The van der Waals surface area contributed by atoms with Crippen molar-refractivity contribution < 1.29 is 18.7 Å². The second kappa shape index (κ2) is 8.68. The van der Waals surface area contributed by atoms with Gasteiger partial charge in [-0.2, -0.15) is 0 Å². The highest BCUT2D eigenvalue weighted by atomic mass is 19.1. The normalized spacial score (nSPS) is 10.5. The third-order valence-corrected chi connectivity index (χ3v) is 3.35. The van der Waals surface area contributed by atoms with Gasteiger partial charge in [-0.25, -0.2) is 4.39 Å². The van der Waals surface area contributed by atoms with Crippen LogP contribution in [-0.2, 0) is 4.79 Å². The number of rotatable bonds is 7. The highest BCUT2D eigenvalue weighted by Gasteiger charge is 2.06. The summed E-state index contributed by atoms with van der Waals surface area (Å²) in [5, 5.41) is 2.51. The third-order valence-electron chi connectivity index (χ3n) is 3.35. The van der Waals surface area contributed by atoms with Gasteiger partial charge in [0.2, 0.25) is 5.91 Å². The monoisotopic (exact) mass is 341 g/mol. The van der Waals surface area contributed by atoms with Crippen LogP contribution in [0.5, 0.6) is 11.5 Å². The molecule has 0 saturated heterocycles. The number of amides is 1. The molecule has 2 aromatic rings. The molecular formula is C20H20FNO3. The maximum atomic E-state index is 13.7. The Bertz CT molecular complexity index is 800. The lowest BCUT2D eigenvalue weighted by Crippen LogP contribution is -2.09. The number of methoxy groups -OCH3 is 1. The third kappa shape index (κ3) is 5.21. The Morgan fingerprint density at radius 1 is 1.24 bits per heavy atom.